The van der Waals surface area contributed by atoms with E-state index in [-0.39, 0.29) is 11.7 Å². The number of hydrogen-bond acceptors (Lipinski definition) is 5. The fourth-order valence-corrected chi connectivity index (χ4v) is 4.23. The molecule has 5 nitrogen and oxygen atoms in total. The minimum Gasteiger partial charge on any atom is -0.439 e. The van der Waals surface area contributed by atoms with Gasteiger partial charge in [-0.3, -0.25) is 4.90 Å². The first-order chi connectivity index (χ1) is 11.1. The van der Waals surface area contributed by atoms with Crippen LogP contribution in [0, 0.1) is 0 Å². The Balaban J connectivity index is 1.42. The van der Waals surface area contributed by atoms with Gasteiger partial charge < -0.3 is 9.64 Å². The van der Waals surface area contributed by atoms with E-state index < -0.39 is 0 Å². The Kier molecular flexibility index (Phi) is 3.58. The van der Waals surface area contributed by atoms with Gasteiger partial charge in [0.15, 0.2) is 0 Å². The molecule has 1 aromatic heterocycles. The molecule has 3 heterocycles. The zero-order valence-corrected chi connectivity index (χ0v) is 13.9. The number of hydrogen-bond donors (Lipinski definition) is 0. The van der Waals surface area contributed by atoms with Crippen LogP contribution in [-0.2, 0) is 11.3 Å². The number of ether oxygens (including phenoxy) is 1. The van der Waals surface area contributed by atoms with Crippen LogP contribution < -0.4 is 0 Å². The van der Waals surface area contributed by atoms with Crippen LogP contribution in [0.1, 0.15) is 11.4 Å². The van der Waals surface area contributed by atoms with Crippen molar-refractivity contribution in [1.82, 2.24) is 14.8 Å². The minimum absolute atomic E-state index is 0.201. The van der Waals surface area contributed by atoms with Crippen LogP contribution >= 0.6 is 11.3 Å². The highest BCUT2D eigenvalue weighted by molar-refractivity contribution is 7.09. The van der Waals surface area contributed by atoms with Crippen LogP contribution in [0.15, 0.2) is 35.7 Å². The Labute approximate surface area is 139 Å². The zero-order valence-electron chi connectivity index (χ0n) is 13.1. The summed E-state index contributed by atoms with van der Waals surface area (Å²) < 4.78 is 5.59. The monoisotopic (exact) mass is 329 g/mol. The smallest absolute Gasteiger partial charge is 0.410 e. The summed E-state index contributed by atoms with van der Waals surface area (Å²) in [5.74, 6) is 0. The van der Waals surface area contributed by atoms with Gasteiger partial charge in [0.2, 0.25) is 0 Å². The molecule has 2 saturated heterocycles. The Bertz CT molecular complexity index is 718. The van der Waals surface area contributed by atoms with Crippen molar-refractivity contribution >= 4 is 17.4 Å². The summed E-state index contributed by atoms with van der Waals surface area (Å²) in [5.41, 5.74) is 1.87. The second kappa shape index (κ2) is 5.62. The van der Waals surface area contributed by atoms with Crippen LogP contribution in [0.2, 0.25) is 0 Å². The van der Waals surface area contributed by atoms with Gasteiger partial charge in [-0.2, -0.15) is 0 Å². The van der Waals surface area contributed by atoms with Crippen LogP contribution in [0.5, 0.6) is 0 Å². The van der Waals surface area contributed by atoms with E-state index in [0.717, 1.165) is 42.3 Å². The molecule has 0 bridgehead atoms. The standard InChI is InChI=1S/C17H19N3O2S/c1-19-11-17(22-16(19)21)7-8-20(12-17)9-15-18-14(10-23-15)13-5-3-2-4-6-13/h2-6,10H,7-9,11-12H2,1H3. The molecule has 4 rings (SSSR count). The summed E-state index contributed by atoms with van der Waals surface area (Å²) in [6.45, 7) is 3.25. The summed E-state index contributed by atoms with van der Waals surface area (Å²) in [5, 5.41) is 3.22. The molecule has 2 aromatic rings. The lowest BCUT2D eigenvalue weighted by molar-refractivity contribution is 0.0627. The van der Waals surface area contributed by atoms with E-state index in [1.165, 1.54) is 0 Å². The molecule has 120 valence electrons. The molecule has 2 aliphatic heterocycles. The first kappa shape index (κ1) is 14.7. The molecule has 2 aliphatic rings. The number of likely N-dealkylation sites (tertiary alicyclic amines) is 1. The third kappa shape index (κ3) is 2.84. The number of likely N-dealkylation sites (N-methyl/N-ethyl adjacent to an activating group) is 1. The number of benzene rings is 1. The molecule has 0 N–H and O–H groups in total. The van der Waals surface area contributed by atoms with E-state index in [2.05, 4.69) is 22.4 Å². The molecule has 1 amide bonds. The van der Waals surface area contributed by atoms with Gasteiger partial charge in [0.1, 0.15) is 10.6 Å². The highest BCUT2D eigenvalue weighted by atomic mass is 32.1. The fourth-order valence-electron chi connectivity index (χ4n) is 3.38. The third-order valence-electron chi connectivity index (χ3n) is 4.52. The maximum absolute atomic E-state index is 11.6. The maximum Gasteiger partial charge on any atom is 0.410 e. The van der Waals surface area contributed by atoms with Crippen molar-refractivity contribution in [2.45, 2.75) is 18.6 Å². The predicted octanol–water partition coefficient (Wildman–Crippen LogP) is 2.84. The lowest BCUT2D eigenvalue weighted by atomic mass is 10.0. The first-order valence-corrected chi connectivity index (χ1v) is 8.68. The first-order valence-electron chi connectivity index (χ1n) is 7.80. The van der Waals surface area contributed by atoms with Crippen molar-refractivity contribution < 1.29 is 9.53 Å². The van der Waals surface area contributed by atoms with E-state index in [1.54, 1.807) is 23.3 Å². The van der Waals surface area contributed by atoms with Gasteiger partial charge in [-0.15, -0.1) is 11.3 Å². The molecule has 0 aliphatic carbocycles. The molecule has 1 unspecified atom stereocenters. The molecular weight excluding hydrogens is 310 g/mol. The van der Waals surface area contributed by atoms with Gasteiger partial charge in [0.25, 0.3) is 0 Å². The van der Waals surface area contributed by atoms with E-state index in [4.69, 9.17) is 9.72 Å². The third-order valence-corrected chi connectivity index (χ3v) is 5.35. The Hall–Kier alpha value is -1.92. The molecule has 1 spiro atoms. The number of nitrogens with zero attached hydrogens (tertiary/aromatic N) is 3. The summed E-state index contributed by atoms with van der Waals surface area (Å²) in [7, 11) is 1.80. The second-order valence-electron chi connectivity index (χ2n) is 6.36. The van der Waals surface area contributed by atoms with Crippen molar-refractivity contribution in [3.63, 3.8) is 0 Å². The summed E-state index contributed by atoms with van der Waals surface area (Å²) in [6.07, 6.45) is 0.701. The van der Waals surface area contributed by atoms with Crippen molar-refractivity contribution in [1.29, 1.82) is 0 Å². The molecule has 6 heteroatoms. The quantitative estimate of drug-likeness (QED) is 0.869. The van der Waals surface area contributed by atoms with Gasteiger partial charge in [0, 0.05) is 37.5 Å². The Morgan fingerprint density at radius 2 is 2.13 bits per heavy atom. The Morgan fingerprint density at radius 1 is 1.30 bits per heavy atom. The molecule has 1 atom stereocenters. The van der Waals surface area contributed by atoms with Gasteiger partial charge >= 0.3 is 6.09 Å². The van der Waals surface area contributed by atoms with Crippen LogP contribution in [0.4, 0.5) is 4.79 Å². The second-order valence-corrected chi connectivity index (χ2v) is 7.30. The number of rotatable bonds is 3. The zero-order chi connectivity index (χ0) is 15.9. The Morgan fingerprint density at radius 3 is 2.87 bits per heavy atom. The van der Waals surface area contributed by atoms with E-state index in [9.17, 15) is 4.79 Å². The average molecular weight is 329 g/mol. The van der Waals surface area contributed by atoms with Crippen molar-refractivity contribution in [3.8, 4) is 11.3 Å². The highest BCUT2D eigenvalue weighted by Crippen LogP contribution is 2.33. The fraction of sp³-hybridized carbons (Fsp3) is 0.412. The van der Waals surface area contributed by atoms with E-state index in [1.807, 2.05) is 18.2 Å². The number of carbonyl (C=O) groups is 1. The molecule has 0 radical (unpaired) electrons. The summed E-state index contributed by atoms with van der Waals surface area (Å²) in [6, 6.07) is 10.2. The average Bonchev–Trinajstić information content (AvgIpc) is 3.22. The molecule has 0 saturated carbocycles. The van der Waals surface area contributed by atoms with Crippen molar-refractivity contribution in [2.24, 2.45) is 0 Å². The van der Waals surface area contributed by atoms with Gasteiger partial charge in [0.05, 0.1) is 18.8 Å². The van der Waals surface area contributed by atoms with E-state index >= 15 is 0 Å². The SMILES string of the molecule is CN1CC2(CCN(Cc3nc(-c4ccccc4)cs3)C2)OC1=O. The number of thiazole rings is 1. The summed E-state index contributed by atoms with van der Waals surface area (Å²) >= 11 is 1.69. The van der Waals surface area contributed by atoms with Crippen molar-refractivity contribution in [3.05, 3.63) is 40.7 Å². The molecule has 23 heavy (non-hydrogen) atoms. The number of aromatic nitrogens is 1. The number of carbonyl (C=O) groups excluding carboxylic acids is 1. The van der Waals surface area contributed by atoms with Gasteiger partial charge in [-0.05, 0) is 0 Å². The number of amides is 1. The minimum atomic E-state index is -0.314. The molecule has 2 fully saturated rings. The van der Waals surface area contributed by atoms with Crippen LogP contribution in [-0.4, -0.2) is 53.2 Å². The topological polar surface area (TPSA) is 45.7 Å². The van der Waals surface area contributed by atoms with Gasteiger partial charge in [-0.25, -0.2) is 9.78 Å². The molecule has 1 aromatic carbocycles. The van der Waals surface area contributed by atoms with Crippen molar-refractivity contribution in [2.75, 3.05) is 26.7 Å². The van der Waals surface area contributed by atoms with Crippen LogP contribution in [0.25, 0.3) is 11.3 Å². The lowest BCUT2D eigenvalue weighted by Gasteiger charge is -2.21. The largest absolute Gasteiger partial charge is 0.439 e. The lowest BCUT2D eigenvalue weighted by Crippen LogP contribution is -2.37. The van der Waals surface area contributed by atoms with Crippen LogP contribution in [0.3, 0.4) is 0 Å². The highest BCUT2D eigenvalue weighted by Gasteiger charge is 2.48. The molecular formula is C17H19N3O2S. The summed E-state index contributed by atoms with van der Waals surface area (Å²) in [4.78, 5) is 20.4. The van der Waals surface area contributed by atoms with Gasteiger partial charge in [-0.1, -0.05) is 30.3 Å². The van der Waals surface area contributed by atoms with E-state index in [0.29, 0.717) is 6.54 Å². The predicted molar refractivity (Wildman–Crippen MR) is 89.3 cm³/mol. The maximum atomic E-state index is 11.6. The normalized spacial score (nSPS) is 24.6.